The van der Waals surface area contributed by atoms with E-state index in [1.807, 2.05) is 31.3 Å². The zero-order valence-electron chi connectivity index (χ0n) is 23.7. The molecule has 0 spiro atoms. The molecule has 0 radical (unpaired) electrons. The van der Waals surface area contributed by atoms with Gasteiger partial charge in [0.25, 0.3) is 10.1 Å². The van der Waals surface area contributed by atoms with Gasteiger partial charge in [-0.05, 0) is 49.9 Å². The van der Waals surface area contributed by atoms with Crippen LogP contribution in [-0.4, -0.2) is 47.9 Å². The minimum absolute atomic E-state index is 0.176. The monoisotopic (exact) mass is 589 g/mol. The summed E-state index contributed by atoms with van der Waals surface area (Å²) in [4.78, 5) is 14.4. The Morgan fingerprint density at radius 2 is 1.72 bits per heavy atom. The molecule has 1 unspecified atom stereocenters. The highest BCUT2D eigenvalue weighted by Gasteiger charge is 2.69. The van der Waals surface area contributed by atoms with Gasteiger partial charge in [0.1, 0.15) is 17.2 Å². The summed E-state index contributed by atoms with van der Waals surface area (Å²) in [7, 11) is -3.78. The molecule has 4 aliphatic rings. The topological polar surface area (TPSA) is 101 Å². The lowest BCUT2D eigenvalue weighted by Gasteiger charge is -2.43. The van der Waals surface area contributed by atoms with Crippen LogP contribution in [0, 0.1) is 18.8 Å². The summed E-state index contributed by atoms with van der Waals surface area (Å²) in [6.07, 6.45) is 5.54. The fourth-order valence-electron chi connectivity index (χ4n) is 6.88. The maximum Gasteiger partial charge on any atom is 0.296 e. The summed E-state index contributed by atoms with van der Waals surface area (Å²) in [5.41, 5.74) is 13.3. The average Bonchev–Trinajstić information content (AvgIpc) is 3.65. The number of aromatic nitrogens is 1. The van der Waals surface area contributed by atoms with Crippen LogP contribution in [0.2, 0.25) is 0 Å². The van der Waals surface area contributed by atoms with Gasteiger partial charge >= 0.3 is 0 Å². The zero-order chi connectivity index (χ0) is 29.3. The van der Waals surface area contributed by atoms with E-state index in [2.05, 4.69) is 57.3 Å². The number of benzene rings is 3. The zero-order valence-corrected chi connectivity index (χ0v) is 24.5. The number of fused-ring (bicyclic) bond motifs is 4. The van der Waals surface area contributed by atoms with Crippen molar-refractivity contribution >= 4 is 32.6 Å². The van der Waals surface area contributed by atoms with Gasteiger partial charge in [-0.2, -0.15) is 8.42 Å². The number of nitrogens with two attached hydrogens (primary N) is 1. The first-order valence-corrected chi connectivity index (χ1v) is 16.0. The van der Waals surface area contributed by atoms with E-state index >= 15 is 0 Å². The van der Waals surface area contributed by atoms with Crippen molar-refractivity contribution in [1.82, 2.24) is 14.8 Å². The van der Waals surface area contributed by atoms with Crippen molar-refractivity contribution in [2.45, 2.75) is 30.3 Å². The maximum absolute atomic E-state index is 12.7. The number of nitrogens with zero attached hydrogens (tertiary/aromatic N) is 4. The lowest BCUT2D eigenvalue weighted by atomic mass is 9.70. The van der Waals surface area contributed by atoms with Gasteiger partial charge in [-0.3, -0.25) is 4.18 Å². The van der Waals surface area contributed by atoms with Gasteiger partial charge in [0.05, 0.1) is 35.0 Å². The van der Waals surface area contributed by atoms with E-state index in [0.29, 0.717) is 11.8 Å². The number of pyridine rings is 1. The first kappa shape index (κ1) is 26.2. The summed E-state index contributed by atoms with van der Waals surface area (Å²) in [6, 6.07) is 27.5. The molecule has 1 saturated carbocycles. The first-order valence-electron chi connectivity index (χ1n) is 14.6. The second-order valence-corrected chi connectivity index (χ2v) is 13.5. The van der Waals surface area contributed by atoms with Gasteiger partial charge < -0.3 is 15.5 Å². The summed E-state index contributed by atoms with van der Waals surface area (Å²) < 4.78 is 30.9. The van der Waals surface area contributed by atoms with Gasteiger partial charge in [-0.25, -0.2) is 9.98 Å². The molecule has 1 saturated heterocycles. The van der Waals surface area contributed by atoms with Crippen LogP contribution in [0.4, 0.5) is 0 Å². The molecule has 8 nitrogen and oxygen atoms in total. The number of rotatable bonds is 7. The quantitative estimate of drug-likeness (QED) is 0.225. The molecule has 1 aromatic heterocycles. The molecular formula is C34H31N5O3S. The number of amidine groups is 1. The Morgan fingerprint density at radius 3 is 2.51 bits per heavy atom. The van der Waals surface area contributed by atoms with E-state index in [9.17, 15) is 8.42 Å². The number of hydrogen-bond donors (Lipinski definition) is 1. The van der Waals surface area contributed by atoms with Gasteiger partial charge in [0, 0.05) is 34.8 Å². The molecule has 43 heavy (non-hydrogen) atoms. The van der Waals surface area contributed by atoms with Crippen LogP contribution in [-0.2, 0) is 14.3 Å². The Hall–Kier alpha value is -4.47. The smallest absolute Gasteiger partial charge is 0.296 e. The van der Waals surface area contributed by atoms with E-state index < -0.39 is 10.1 Å². The molecule has 0 amide bonds. The van der Waals surface area contributed by atoms with Crippen LogP contribution in [0.25, 0.3) is 27.9 Å². The van der Waals surface area contributed by atoms with Crippen molar-refractivity contribution in [2.24, 2.45) is 22.6 Å². The molecule has 9 heteroatoms. The first-order chi connectivity index (χ1) is 20.8. The highest BCUT2D eigenvalue weighted by Crippen LogP contribution is 2.62. The minimum atomic E-state index is -3.78. The van der Waals surface area contributed by atoms with Crippen molar-refractivity contribution < 1.29 is 12.6 Å². The van der Waals surface area contributed by atoms with Crippen molar-refractivity contribution in [2.75, 3.05) is 13.2 Å². The van der Waals surface area contributed by atoms with E-state index in [1.54, 1.807) is 30.5 Å². The van der Waals surface area contributed by atoms with Crippen molar-refractivity contribution in [3.05, 3.63) is 114 Å². The second-order valence-electron chi connectivity index (χ2n) is 11.9. The number of hydrogen-bond acceptors (Lipinski definition) is 8. The normalized spacial score (nSPS) is 24.1. The molecule has 4 heterocycles. The van der Waals surface area contributed by atoms with Crippen LogP contribution >= 0.6 is 0 Å². The Labute approximate surface area is 250 Å². The third kappa shape index (κ3) is 4.17. The molecule has 1 atom stereocenters. The number of aryl methyl sites for hydroxylation is 1. The number of aliphatic imine (C=N–C) groups is 1. The fraction of sp³-hybridized carbons (Fsp3) is 0.235. The maximum atomic E-state index is 12.7. The molecule has 2 fully saturated rings. The molecule has 3 aromatic carbocycles. The van der Waals surface area contributed by atoms with Crippen LogP contribution in [0.15, 0.2) is 113 Å². The van der Waals surface area contributed by atoms with E-state index in [-0.39, 0.29) is 23.1 Å². The molecular weight excluding hydrogens is 558 g/mol. The summed E-state index contributed by atoms with van der Waals surface area (Å²) in [6.45, 7) is 2.99. The third-order valence-electron chi connectivity index (χ3n) is 9.27. The Bertz CT molecular complexity index is 1960. The Balaban J connectivity index is 1.04. The molecule has 4 aromatic rings. The lowest BCUT2D eigenvalue weighted by Crippen LogP contribution is -2.48. The highest BCUT2D eigenvalue weighted by molar-refractivity contribution is 7.86. The Kier molecular flexibility index (Phi) is 5.80. The minimum Gasteiger partial charge on any atom is -0.382 e. The van der Waals surface area contributed by atoms with Gasteiger partial charge in [0.2, 0.25) is 0 Å². The van der Waals surface area contributed by atoms with Gasteiger partial charge in [0.15, 0.2) is 0 Å². The predicted molar refractivity (Wildman–Crippen MR) is 167 cm³/mol. The fourth-order valence-corrected chi connectivity index (χ4v) is 7.86. The molecule has 1 aliphatic carbocycles. The molecule has 2 N–H and O–H groups in total. The van der Waals surface area contributed by atoms with Crippen LogP contribution in [0.1, 0.15) is 24.0 Å². The summed E-state index contributed by atoms with van der Waals surface area (Å²) in [5, 5.41) is 1.08. The lowest BCUT2D eigenvalue weighted by molar-refractivity contribution is 0.0469. The second kappa shape index (κ2) is 9.52. The van der Waals surface area contributed by atoms with E-state index in [0.717, 1.165) is 64.1 Å². The van der Waals surface area contributed by atoms with E-state index in [1.165, 1.54) is 0 Å². The van der Waals surface area contributed by atoms with Gasteiger partial charge in [-0.15, -0.1) is 0 Å². The summed E-state index contributed by atoms with van der Waals surface area (Å²) >= 11 is 0. The van der Waals surface area contributed by atoms with Crippen LogP contribution in [0.3, 0.4) is 0 Å². The van der Waals surface area contributed by atoms with Crippen molar-refractivity contribution in [3.63, 3.8) is 0 Å². The van der Waals surface area contributed by atoms with Gasteiger partial charge in [-0.1, -0.05) is 66.2 Å². The molecule has 0 bridgehead atoms. The Morgan fingerprint density at radius 1 is 0.953 bits per heavy atom. The van der Waals surface area contributed by atoms with Crippen LogP contribution < -0.4 is 5.73 Å². The largest absolute Gasteiger partial charge is 0.382 e. The SMILES string of the molecule is Cc1ccc(S(=O)(=O)OC[C@H]2C[C@@H](C34CN3C(c3ccc5ccc(-c6ccccc6)nc5c3)=C3C(N)=NC=CN34)C2)cc1. The molecule has 3 aliphatic heterocycles. The van der Waals surface area contributed by atoms with Crippen LogP contribution in [0.5, 0.6) is 0 Å². The van der Waals surface area contributed by atoms with Crippen molar-refractivity contribution in [1.29, 1.82) is 0 Å². The predicted octanol–water partition coefficient (Wildman–Crippen LogP) is 5.48. The molecule has 216 valence electrons. The van der Waals surface area contributed by atoms with E-state index in [4.69, 9.17) is 14.9 Å². The third-order valence-corrected chi connectivity index (χ3v) is 10.6. The van der Waals surface area contributed by atoms with Crippen molar-refractivity contribution in [3.8, 4) is 11.3 Å². The summed E-state index contributed by atoms with van der Waals surface area (Å²) in [5.74, 6) is 1.02. The average molecular weight is 590 g/mol. The standard InChI is InChI=1S/C34H31N5O3S/c1-22-7-12-28(13-8-22)43(40,41)42-20-23-17-27(18-23)34-21-39(34)31(32-33(35)36-15-16-38(32)34)26-10-9-25-11-14-29(37-30(25)19-26)24-5-3-2-4-6-24/h2-16,19,23,27H,17-18,20-21H2,1H3,(H2,35,36)/t23-,27+,34?,39?. The molecule has 8 rings (SSSR count). The highest BCUT2D eigenvalue weighted by atomic mass is 32.2.